The second kappa shape index (κ2) is 7.91. The highest BCUT2D eigenvalue weighted by Gasteiger charge is 2.32. The first-order chi connectivity index (χ1) is 15.1. The molecule has 1 aliphatic carbocycles. The number of piperidine rings is 1. The number of likely N-dealkylation sites (tertiary alicyclic amines) is 1. The zero-order valence-corrected chi connectivity index (χ0v) is 16.9. The van der Waals surface area contributed by atoms with Gasteiger partial charge in [-0.1, -0.05) is 48.5 Å². The number of aromatic carboxylic acids is 1. The van der Waals surface area contributed by atoms with E-state index in [4.69, 9.17) is 14.3 Å². The van der Waals surface area contributed by atoms with Gasteiger partial charge in [-0.2, -0.15) is 0 Å². The molecule has 158 valence electrons. The van der Waals surface area contributed by atoms with Gasteiger partial charge in [-0.15, -0.1) is 0 Å². The Labute approximate surface area is 179 Å². The lowest BCUT2D eigenvalue weighted by atomic mass is 9.98. The van der Waals surface area contributed by atoms with Crippen LogP contribution in [0.4, 0.5) is 4.79 Å². The monoisotopic (exact) mass is 418 g/mol. The van der Waals surface area contributed by atoms with Crippen molar-refractivity contribution in [2.45, 2.75) is 24.7 Å². The molecule has 31 heavy (non-hydrogen) atoms. The van der Waals surface area contributed by atoms with Crippen molar-refractivity contribution in [2.75, 3.05) is 19.7 Å². The van der Waals surface area contributed by atoms with Crippen LogP contribution in [0.1, 0.15) is 52.2 Å². The first kappa shape index (κ1) is 19.4. The standard InChI is InChI=1S/C24H22N2O5/c27-23(28)21-12-25-22(31-21)15-6-5-11-26(13-15)24(29)30-14-20-18-9-3-1-7-16(18)17-8-2-4-10-19(17)20/h1-4,7-10,12,15,20H,5-6,11,13-14H2,(H,27,28). The number of ether oxygens (including phenoxy) is 1. The molecule has 2 aromatic carbocycles. The summed E-state index contributed by atoms with van der Waals surface area (Å²) < 4.78 is 11.1. The van der Waals surface area contributed by atoms with Crippen molar-refractivity contribution in [2.24, 2.45) is 0 Å². The predicted octanol–water partition coefficient (Wildman–Crippen LogP) is 4.50. The average molecular weight is 418 g/mol. The molecule has 0 bridgehead atoms. The third kappa shape index (κ3) is 3.56. The van der Waals surface area contributed by atoms with Crippen LogP contribution >= 0.6 is 0 Å². The Balaban J connectivity index is 1.27. The fourth-order valence-electron chi connectivity index (χ4n) is 4.61. The molecule has 1 fully saturated rings. The molecule has 7 heteroatoms. The lowest BCUT2D eigenvalue weighted by Gasteiger charge is -2.30. The number of nitrogens with zero attached hydrogens (tertiary/aromatic N) is 2. The van der Waals surface area contributed by atoms with Gasteiger partial charge in [0.15, 0.2) is 5.89 Å². The van der Waals surface area contributed by atoms with Crippen molar-refractivity contribution in [3.8, 4) is 11.1 Å². The number of carboxylic acids is 1. The quantitative estimate of drug-likeness (QED) is 0.671. The van der Waals surface area contributed by atoms with Gasteiger partial charge in [0.2, 0.25) is 5.76 Å². The topological polar surface area (TPSA) is 92.9 Å². The number of carbonyl (C=O) groups excluding carboxylic acids is 1. The van der Waals surface area contributed by atoms with Gasteiger partial charge in [-0.25, -0.2) is 14.6 Å². The Morgan fingerprint density at radius 2 is 1.77 bits per heavy atom. The first-order valence-corrected chi connectivity index (χ1v) is 10.4. The largest absolute Gasteiger partial charge is 0.475 e. The first-order valence-electron chi connectivity index (χ1n) is 10.4. The van der Waals surface area contributed by atoms with E-state index in [2.05, 4.69) is 29.2 Å². The van der Waals surface area contributed by atoms with Crippen LogP contribution in [0.15, 0.2) is 59.1 Å². The number of hydrogen-bond acceptors (Lipinski definition) is 5. The number of carboxylic acid groups (broad SMARTS) is 1. The molecule has 2 aliphatic rings. The van der Waals surface area contributed by atoms with Crippen LogP contribution in [-0.2, 0) is 4.74 Å². The Hall–Kier alpha value is -3.61. The van der Waals surface area contributed by atoms with Crippen molar-refractivity contribution >= 4 is 12.1 Å². The molecular formula is C24H22N2O5. The molecule has 0 spiro atoms. The molecule has 0 saturated carbocycles. The van der Waals surface area contributed by atoms with Crippen LogP contribution < -0.4 is 0 Å². The van der Waals surface area contributed by atoms with E-state index in [1.54, 1.807) is 4.90 Å². The minimum absolute atomic E-state index is 0.0156. The summed E-state index contributed by atoms with van der Waals surface area (Å²) >= 11 is 0. The van der Waals surface area contributed by atoms with Gasteiger partial charge in [0, 0.05) is 19.0 Å². The van der Waals surface area contributed by atoms with E-state index in [1.807, 2.05) is 24.3 Å². The summed E-state index contributed by atoms with van der Waals surface area (Å²) in [7, 11) is 0. The smallest absolute Gasteiger partial charge is 0.409 e. The molecule has 3 aromatic rings. The second-order valence-electron chi connectivity index (χ2n) is 7.96. The summed E-state index contributed by atoms with van der Waals surface area (Å²) in [6.07, 6.45) is 2.41. The fraction of sp³-hybridized carbons (Fsp3) is 0.292. The maximum atomic E-state index is 12.8. The summed E-state index contributed by atoms with van der Waals surface area (Å²) in [5.41, 5.74) is 4.73. The van der Waals surface area contributed by atoms with E-state index in [-0.39, 0.29) is 30.3 Å². The van der Waals surface area contributed by atoms with Crippen LogP contribution in [0.5, 0.6) is 0 Å². The van der Waals surface area contributed by atoms with Crippen molar-refractivity contribution in [3.63, 3.8) is 0 Å². The molecule has 1 amide bonds. The van der Waals surface area contributed by atoms with Gasteiger partial charge in [0.05, 0.1) is 12.1 Å². The average Bonchev–Trinajstić information content (AvgIpc) is 3.42. The third-order valence-electron chi connectivity index (χ3n) is 6.10. The summed E-state index contributed by atoms with van der Waals surface area (Å²) in [5, 5.41) is 9.03. The SMILES string of the molecule is O=C(O)c1cnc(C2CCCN(C(=O)OCC3c4ccccc4-c4ccccc43)C2)o1. The van der Waals surface area contributed by atoms with E-state index in [1.165, 1.54) is 28.5 Å². The number of fused-ring (bicyclic) bond motifs is 3. The molecule has 1 atom stereocenters. The van der Waals surface area contributed by atoms with E-state index in [0.717, 1.165) is 12.8 Å². The zero-order valence-electron chi connectivity index (χ0n) is 16.9. The molecule has 5 rings (SSSR count). The summed E-state index contributed by atoms with van der Waals surface area (Å²) in [4.78, 5) is 29.6. The highest BCUT2D eigenvalue weighted by molar-refractivity contribution is 5.83. The minimum Gasteiger partial charge on any atom is -0.475 e. The molecule has 7 nitrogen and oxygen atoms in total. The fourth-order valence-corrected chi connectivity index (χ4v) is 4.61. The Morgan fingerprint density at radius 3 is 2.42 bits per heavy atom. The van der Waals surface area contributed by atoms with Crippen molar-refractivity contribution in [3.05, 3.63) is 77.5 Å². The highest BCUT2D eigenvalue weighted by atomic mass is 16.6. The van der Waals surface area contributed by atoms with Gasteiger partial charge in [0.25, 0.3) is 0 Å². The van der Waals surface area contributed by atoms with Gasteiger partial charge < -0.3 is 19.2 Å². The normalized spacial score (nSPS) is 17.8. The van der Waals surface area contributed by atoms with E-state index in [9.17, 15) is 9.59 Å². The summed E-state index contributed by atoms with van der Waals surface area (Å²) in [6.45, 7) is 1.27. The van der Waals surface area contributed by atoms with E-state index >= 15 is 0 Å². The minimum atomic E-state index is -1.15. The van der Waals surface area contributed by atoms with Gasteiger partial charge in [-0.3, -0.25) is 0 Å². The van der Waals surface area contributed by atoms with E-state index in [0.29, 0.717) is 19.0 Å². The van der Waals surface area contributed by atoms with E-state index < -0.39 is 5.97 Å². The number of oxazole rings is 1. The number of rotatable bonds is 4. The van der Waals surface area contributed by atoms with Crippen LogP contribution in [0.3, 0.4) is 0 Å². The van der Waals surface area contributed by atoms with Crippen LogP contribution in [0.25, 0.3) is 11.1 Å². The van der Waals surface area contributed by atoms with Gasteiger partial charge in [-0.05, 0) is 35.1 Å². The summed E-state index contributed by atoms with van der Waals surface area (Å²) in [6, 6.07) is 16.5. The maximum absolute atomic E-state index is 12.8. The Kier molecular flexibility index (Phi) is 4.94. The molecule has 1 aliphatic heterocycles. The lowest BCUT2D eigenvalue weighted by Crippen LogP contribution is -2.40. The molecule has 0 radical (unpaired) electrons. The molecule has 1 unspecified atom stereocenters. The molecule has 1 aromatic heterocycles. The molecule has 1 saturated heterocycles. The van der Waals surface area contributed by atoms with Gasteiger partial charge >= 0.3 is 12.1 Å². The molecule has 2 heterocycles. The van der Waals surface area contributed by atoms with Crippen LogP contribution in [-0.4, -0.2) is 46.7 Å². The molecule has 1 N–H and O–H groups in total. The number of amides is 1. The summed E-state index contributed by atoms with van der Waals surface area (Å²) in [5.74, 6) is -1.10. The number of hydrogen-bond donors (Lipinski definition) is 1. The van der Waals surface area contributed by atoms with Crippen molar-refractivity contribution < 1.29 is 23.8 Å². The van der Waals surface area contributed by atoms with Crippen molar-refractivity contribution in [1.82, 2.24) is 9.88 Å². The Bertz CT molecular complexity index is 1090. The van der Waals surface area contributed by atoms with Crippen LogP contribution in [0.2, 0.25) is 0 Å². The predicted molar refractivity (Wildman–Crippen MR) is 112 cm³/mol. The number of carbonyl (C=O) groups is 2. The number of benzene rings is 2. The van der Waals surface area contributed by atoms with Gasteiger partial charge in [0.1, 0.15) is 6.61 Å². The van der Waals surface area contributed by atoms with Crippen LogP contribution in [0, 0.1) is 0 Å². The van der Waals surface area contributed by atoms with Crippen molar-refractivity contribution in [1.29, 1.82) is 0 Å². The highest BCUT2D eigenvalue weighted by Crippen LogP contribution is 2.44. The molecular weight excluding hydrogens is 396 g/mol. The Morgan fingerprint density at radius 1 is 1.10 bits per heavy atom. The number of aromatic nitrogens is 1. The second-order valence-corrected chi connectivity index (χ2v) is 7.96. The lowest BCUT2D eigenvalue weighted by molar-refractivity contribution is 0.0653. The third-order valence-corrected chi connectivity index (χ3v) is 6.10. The maximum Gasteiger partial charge on any atom is 0.409 e. The zero-order chi connectivity index (χ0) is 21.4.